The summed E-state index contributed by atoms with van der Waals surface area (Å²) in [5.41, 5.74) is 4.08. The van der Waals surface area contributed by atoms with Crippen LogP contribution in [0.3, 0.4) is 0 Å². The number of nitrogens with one attached hydrogen (secondary N) is 1. The smallest absolute Gasteiger partial charge is 0.251 e. The van der Waals surface area contributed by atoms with E-state index in [4.69, 9.17) is 0 Å². The highest BCUT2D eigenvalue weighted by molar-refractivity contribution is 5.97. The van der Waals surface area contributed by atoms with Gasteiger partial charge in [-0.25, -0.2) is 0 Å². The van der Waals surface area contributed by atoms with Gasteiger partial charge in [-0.2, -0.15) is 0 Å². The number of nitrogens with zero attached hydrogens (tertiary/aromatic N) is 1. The van der Waals surface area contributed by atoms with Crippen LogP contribution in [0, 0.1) is 12.8 Å². The van der Waals surface area contributed by atoms with Gasteiger partial charge in [0.25, 0.3) is 5.91 Å². The van der Waals surface area contributed by atoms with E-state index in [9.17, 15) is 4.79 Å². The Morgan fingerprint density at radius 3 is 2.46 bits per heavy atom. The maximum atomic E-state index is 12.9. The van der Waals surface area contributed by atoms with Crippen LogP contribution in [0.2, 0.25) is 0 Å². The van der Waals surface area contributed by atoms with Gasteiger partial charge in [-0.05, 0) is 61.5 Å². The van der Waals surface area contributed by atoms with E-state index >= 15 is 0 Å². The zero-order valence-electron chi connectivity index (χ0n) is 14.2. The maximum Gasteiger partial charge on any atom is 0.251 e. The Kier molecular flexibility index (Phi) is 4.11. The molecule has 0 radical (unpaired) electrons. The topological polar surface area (TPSA) is 32.3 Å². The van der Waals surface area contributed by atoms with Crippen molar-refractivity contribution in [1.82, 2.24) is 10.2 Å². The molecule has 1 unspecified atom stereocenters. The summed E-state index contributed by atoms with van der Waals surface area (Å²) in [5, 5.41) is 3.31. The molecule has 3 nitrogen and oxygen atoms in total. The highest BCUT2D eigenvalue weighted by atomic mass is 16.1. The lowest BCUT2D eigenvalue weighted by Crippen LogP contribution is -2.57. The number of fused-ring (bicyclic) bond motifs is 3. The minimum Gasteiger partial charge on any atom is -0.348 e. The van der Waals surface area contributed by atoms with Crippen LogP contribution < -0.4 is 5.32 Å². The summed E-state index contributed by atoms with van der Waals surface area (Å²) < 4.78 is 0. The van der Waals surface area contributed by atoms with E-state index in [0.29, 0.717) is 12.0 Å². The molecule has 3 heterocycles. The molecule has 124 valence electrons. The van der Waals surface area contributed by atoms with Crippen LogP contribution in [0.4, 0.5) is 0 Å². The summed E-state index contributed by atoms with van der Waals surface area (Å²) in [6.07, 6.45) is 2.43. The molecule has 3 aliphatic heterocycles. The predicted octanol–water partition coefficient (Wildman–Crippen LogP) is 3.49. The van der Waals surface area contributed by atoms with Crippen LogP contribution in [-0.2, 0) is 0 Å². The number of carbonyl (C=O) groups is 1. The van der Waals surface area contributed by atoms with Gasteiger partial charge >= 0.3 is 0 Å². The van der Waals surface area contributed by atoms with Gasteiger partial charge in [0.2, 0.25) is 0 Å². The normalized spacial score (nSPS) is 25.5. The fraction of sp³-hybridized carbons (Fsp3) is 0.381. The van der Waals surface area contributed by atoms with Gasteiger partial charge in [0.05, 0.1) is 0 Å². The van der Waals surface area contributed by atoms with Crippen molar-refractivity contribution in [3.05, 3.63) is 59.7 Å². The Labute approximate surface area is 143 Å². The maximum absolute atomic E-state index is 12.9. The number of benzene rings is 2. The van der Waals surface area contributed by atoms with E-state index in [2.05, 4.69) is 28.4 Å². The Balaban J connectivity index is 1.56. The van der Waals surface area contributed by atoms with Crippen LogP contribution in [0.1, 0.15) is 28.8 Å². The Morgan fingerprint density at radius 2 is 1.79 bits per heavy atom. The van der Waals surface area contributed by atoms with E-state index in [1.54, 1.807) is 0 Å². The molecule has 1 N–H and O–H groups in total. The third kappa shape index (κ3) is 2.96. The minimum absolute atomic E-state index is 0.0732. The van der Waals surface area contributed by atoms with E-state index in [1.807, 2.05) is 37.3 Å². The van der Waals surface area contributed by atoms with Crippen molar-refractivity contribution >= 4 is 5.91 Å². The summed E-state index contributed by atoms with van der Waals surface area (Å²) in [6.45, 7) is 5.41. The Morgan fingerprint density at radius 1 is 1.04 bits per heavy atom. The van der Waals surface area contributed by atoms with Crippen LogP contribution in [-0.4, -0.2) is 36.5 Å². The average molecular weight is 320 g/mol. The number of amides is 1. The van der Waals surface area contributed by atoms with Crippen molar-refractivity contribution in [2.75, 3.05) is 19.6 Å². The largest absolute Gasteiger partial charge is 0.348 e. The van der Waals surface area contributed by atoms with Gasteiger partial charge in [-0.1, -0.05) is 42.5 Å². The highest BCUT2D eigenvalue weighted by Crippen LogP contribution is 2.28. The second kappa shape index (κ2) is 6.40. The van der Waals surface area contributed by atoms with Gasteiger partial charge in [-0.15, -0.1) is 0 Å². The minimum atomic E-state index is 0.0732. The molecule has 2 aromatic carbocycles. The Hall–Kier alpha value is -2.13. The Bertz CT molecular complexity index is 733. The number of hydrogen-bond acceptors (Lipinski definition) is 2. The predicted molar refractivity (Wildman–Crippen MR) is 97.0 cm³/mol. The lowest BCUT2D eigenvalue weighted by Gasteiger charge is -2.45. The molecule has 5 rings (SSSR count). The zero-order valence-corrected chi connectivity index (χ0v) is 14.2. The monoisotopic (exact) mass is 320 g/mol. The van der Waals surface area contributed by atoms with Gasteiger partial charge in [0, 0.05) is 18.2 Å². The zero-order chi connectivity index (χ0) is 16.5. The van der Waals surface area contributed by atoms with Crippen LogP contribution in [0.5, 0.6) is 0 Å². The standard InChI is InChI=1S/C21H24N2O/c1-15-7-8-18(16-5-3-2-4-6-16)13-19(15)21(24)22-20-14-23-11-9-17(20)10-12-23/h2-8,13,17,20H,9-12,14H2,1H3,(H,22,24). The second-order valence-electron chi connectivity index (χ2n) is 7.11. The van der Waals surface area contributed by atoms with Crippen LogP contribution in [0.25, 0.3) is 11.1 Å². The third-order valence-corrected chi connectivity index (χ3v) is 5.56. The van der Waals surface area contributed by atoms with Gasteiger partial charge in [0.1, 0.15) is 0 Å². The first-order chi connectivity index (χ1) is 11.7. The molecular weight excluding hydrogens is 296 g/mol. The van der Waals surface area contributed by atoms with Crippen molar-refractivity contribution in [1.29, 1.82) is 0 Å². The number of carbonyl (C=O) groups excluding carboxylic acids is 1. The quantitative estimate of drug-likeness (QED) is 0.939. The third-order valence-electron chi connectivity index (χ3n) is 5.56. The molecule has 0 spiro atoms. The summed E-state index contributed by atoms with van der Waals surface area (Å²) in [5.74, 6) is 0.723. The molecule has 3 saturated heterocycles. The van der Waals surface area contributed by atoms with Crippen LogP contribution >= 0.6 is 0 Å². The molecular formula is C21H24N2O. The number of rotatable bonds is 3. The molecule has 1 amide bonds. The van der Waals surface area contributed by atoms with Crippen molar-refractivity contribution in [3.63, 3.8) is 0 Å². The molecule has 24 heavy (non-hydrogen) atoms. The fourth-order valence-corrected chi connectivity index (χ4v) is 4.05. The summed E-state index contributed by atoms with van der Waals surface area (Å²) in [4.78, 5) is 15.3. The summed E-state index contributed by atoms with van der Waals surface area (Å²) >= 11 is 0. The first kappa shape index (κ1) is 15.4. The molecule has 2 aromatic rings. The second-order valence-corrected chi connectivity index (χ2v) is 7.11. The van der Waals surface area contributed by atoms with E-state index in [1.165, 1.54) is 25.9 Å². The SMILES string of the molecule is Cc1ccc(-c2ccccc2)cc1C(=O)NC1CN2CCC1CC2. The van der Waals surface area contributed by atoms with Gasteiger partial charge < -0.3 is 10.2 Å². The van der Waals surface area contributed by atoms with E-state index < -0.39 is 0 Å². The average Bonchev–Trinajstić information content (AvgIpc) is 2.64. The fourth-order valence-electron chi connectivity index (χ4n) is 4.05. The number of piperidine rings is 3. The molecule has 2 bridgehead atoms. The van der Waals surface area contributed by atoms with Crippen molar-refractivity contribution in [2.24, 2.45) is 5.92 Å². The summed E-state index contributed by atoms with van der Waals surface area (Å²) in [6, 6.07) is 16.7. The summed E-state index contributed by atoms with van der Waals surface area (Å²) in [7, 11) is 0. The molecule has 1 atom stereocenters. The van der Waals surface area contributed by atoms with Crippen LogP contribution in [0.15, 0.2) is 48.5 Å². The molecule has 3 aliphatic rings. The van der Waals surface area contributed by atoms with Gasteiger partial charge in [0.15, 0.2) is 0 Å². The first-order valence-corrected chi connectivity index (χ1v) is 8.90. The molecule has 0 aliphatic carbocycles. The van der Waals surface area contributed by atoms with E-state index in [-0.39, 0.29) is 5.91 Å². The van der Waals surface area contributed by atoms with Crippen molar-refractivity contribution in [3.8, 4) is 11.1 Å². The highest BCUT2D eigenvalue weighted by Gasteiger charge is 2.35. The first-order valence-electron chi connectivity index (χ1n) is 8.90. The van der Waals surface area contributed by atoms with Gasteiger partial charge in [-0.3, -0.25) is 4.79 Å². The van der Waals surface area contributed by atoms with Crippen molar-refractivity contribution in [2.45, 2.75) is 25.8 Å². The molecule has 3 fully saturated rings. The lowest BCUT2D eigenvalue weighted by molar-refractivity contribution is 0.0620. The molecule has 0 saturated carbocycles. The number of hydrogen-bond donors (Lipinski definition) is 1. The van der Waals surface area contributed by atoms with E-state index in [0.717, 1.165) is 28.8 Å². The lowest BCUT2D eigenvalue weighted by atomic mass is 9.84. The van der Waals surface area contributed by atoms with Crippen molar-refractivity contribution < 1.29 is 4.79 Å². The number of aryl methyl sites for hydroxylation is 1. The molecule has 0 aromatic heterocycles. The molecule has 3 heteroatoms.